The molecule has 1 aromatic heterocycles. The van der Waals surface area contributed by atoms with Gasteiger partial charge in [-0.3, -0.25) is 0 Å². The summed E-state index contributed by atoms with van der Waals surface area (Å²) in [5, 5.41) is 11.6. The average Bonchev–Trinajstić information content (AvgIpc) is 3.03. The molecule has 3 aromatic carbocycles. The van der Waals surface area contributed by atoms with Crippen molar-refractivity contribution in [3.05, 3.63) is 65.7 Å². The van der Waals surface area contributed by atoms with Crippen LogP contribution in [0.3, 0.4) is 0 Å². The number of fused-ring (bicyclic) bond motifs is 1. The number of benzene rings is 3. The van der Waals surface area contributed by atoms with Crippen LogP contribution < -0.4 is 0 Å². The van der Waals surface area contributed by atoms with E-state index in [2.05, 4.69) is 16.9 Å². The number of halogens is 1. The van der Waals surface area contributed by atoms with E-state index in [-0.39, 0.29) is 5.75 Å². The van der Waals surface area contributed by atoms with Gasteiger partial charge in [-0.15, -0.1) is 0 Å². The lowest BCUT2D eigenvalue weighted by Crippen LogP contribution is -1.83. The Bertz CT molecular complexity index is 1070. The fraction of sp³-hybridized carbons (Fsp3) is 0.0952. The van der Waals surface area contributed by atoms with Crippen molar-refractivity contribution >= 4 is 34.4 Å². The summed E-state index contributed by atoms with van der Waals surface area (Å²) in [5.74, 6) is 1.24. The van der Waals surface area contributed by atoms with Gasteiger partial charge in [0.1, 0.15) is 5.75 Å². The van der Waals surface area contributed by atoms with Gasteiger partial charge in [-0.1, -0.05) is 72.8 Å². The van der Waals surface area contributed by atoms with Crippen molar-refractivity contribution in [1.82, 2.24) is 9.97 Å². The second kappa shape index (κ2) is 7.06. The number of hydrogen-bond donors (Lipinski definition) is 2. The Balaban J connectivity index is 1.73. The van der Waals surface area contributed by atoms with Crippen molar-refractivity contribution in [3.8, 4) is 28.0 Å². The van der Waals surface area contributed by atoms with Gasteiger partial charge in [-0.2, -0.15) is 0 Å². The summed E-state index contributed by atoms with van der Waals surface area (Å²) in [6.07, 6.45) is 0. The van der Waals surface area contributed by atoms with E-state index >= 15 is 0 Å². The van der Waals surface area contributed by atoms with Crippen molar-refractivity contribution in [1.29, 1.82) is 0 Å². The first-order valence-corrected chi connectivity index (χ1v) is 9.73. The maximum Gasteiger partial charge on any atom is 0.166 e. The van der Waals surface area contributed by atoms with Crippen LogP contribution in [0.5, 0.6) is 5.75 Å². The maximum atomic E-state index is 10.0. The topological polar surface area (TPSA) is 48.9 Å². The molecule has 0 spiro atoms. The van der Waals surface area contributed by atoms with Crippen LogP contribution in [0.4, 0.5) is 0 Å². The molecule has 0 radical (unpaired) electrons. The summed E-state index contributed by atoms with van der Waals surface area (Å²) in [7, 11) is 0. The molecule has 1 heterocycles. The van der Waals surface area contributed by atoms with Gasteiger partial charge in [-0.25, -0.2) is 4.98 Å². The molecule has 0 fully saturated rings. The number of nitrogens with one attached hydrogen (secondary N) is 1. The summed E-state index contributed by atoms with van der Waals surface area (Å²) < 4.78 is 0. The highest BCUT2D eigenvalue weighted by atomic mass is 35.5. The Hall–Kier alpha value is -2.43. The lowest BCUT2D eigenvalue weighted by atomic mass is 9.99. The van der Waals surface area contributed by atoms with E-state index in [1.54, 1.807) is 17.8 Å². The highest BCUT2D eigenvalue weighted by molar-refractivity contribution is 7.99. The van der Waals surface area contributed by atoms with Gasteiger partial charge < -0.3 is 10.1 Å². The molecular weight excluding hydrogens is 364 g/mol. The van der Waals surface area contributed by atoms with Crippen LogP contribution in [0, 0.1) is 0 Å². The predicted octanol–water partition coefficient (Wildman–Crippen LogP) is 6.37. The average molecular weight is 381 g/mol. The molecule has 0 saturated heterocycles. The number of thioether (sulfide) groups is 1. The number of nitrogens with zero attached hydrogens (tertiary/aromatic N) is 1. The van der Waals surface area contributed by atoms with Crippen LogP contribution in [0.1, 0.15) is 6.92 Å². The smallest absolute Gasteiger partial charge is 0.166 e. The van der Waals surface area contributed by atoms with E-state index in [9.17, 15) is 5.11 Å². The van der Waals surface area contributed by atoms with Gasteiger partial charge in [0.15, 0.2) is 5.16 Å². The molecule has 3 nitrogen and oxygen atoms in total. The monoisotopic (exact) mass is 380 g/mol. The summed E-state index contributed by atoms with van der Waals surface area (Å²) in [6, 6.07) is 19.3. The zero-order valence-corrected chi connectivity index (χ0v) is 15.7. The summed E-state index contributed by atoms with van der Waals surface area (Å²) >= 11 is 8.19. The zero-order valence-electron chi connectivity index (χ0n) is 14.2. The van der Waals surface area contributed by atoms with E-state index in [4.69, 9.17) is 11.6 Å². The third-order valence-electron chi connectivity index (χ3n) is 4.24. The van der Waals surface area contributed by atoms with Crippen molar-refractivity contribution in [2.75, 3.05) is 5.75 Å². The number of H-pyrrole nitrogens is 1. The molecule has 2 N–H and O–H groups in total. The number of aromatic nitrogens is 2. The number of hydrogen-bond acceptors (Lipinski definition) is 3. The SMILES string of the molecule is CCSc1nc2cc(-c3ccc(-c4ccccc4O)cc3)c(Cl)cc2[nH]1. The third-order valence-corrected chi connectivity index (χ3v) is 5.31. The number of aromatic hydroxyl groups is 1. The molecule has 0 aliphatic heterocycles. The van der Waals surface area contributed by atoms with E-state index in [0.717, 1.165) is 44.2 Å². The van der Waals surface area contributed by atoms with Crippen molar-refractivity contribution < 1.29 is 5.11 Å². The molecule has 4 rings (SSSR count). The minimum atomic E-state index is 0.275. The molecule has 0 aliphatic carbocycles. The van der Waals surface area contributed by atoms with E-state index in [1.807, 2.05) is 54.6 Å². The van der Waals surface area contributed by atoms with Crippen LogP contribution in [-0.2, 0) is 0 Å². The first-order chi connectivity index (χ1) is 12.7. The molecule has 0 saturated carbocycles. The second-order valence-electron chi connectivity index (χ2n) is 5.92. The van der Waals surface area contributed by atoms with Gasteiger partial charge in [0.25, 0.3) is 0 Å². The Morgan fingerprint density at radius 2 is 1.69 bits per heavy atom. The summed E-state index contributed by atoms with van der Waals surface area (Å²) in [4.78, 5) is 7.91. The summed E-state index contributed by atoms with van der Waals surface area (Å²) in [6.45, 7) is 2.10. The number of aromatic amines is 1. The van der Waals surface area contributed by atoms with Crippen LogP contribution in [0.15, 0.2) is 65.8 Å². The number of imidazole rings is 1. The van der Waals surface area contributed by atoms with Gasteiger partial charge >= 0.3 is 0 Å². The molecule has 5 heteroatoms. The van der Waals surface area contributed by atoms with Gasteiger partial charge in [0.2, 0.25) is 0 Å². The lowest BCUT2D eigenvalue weighted by molar-refractivity contribution is 0.477. The van der Waals surface area contributed by atoms with Crippen LogP contribution in [-0.4, -0.2) is 20.8 Å². The van der Waals surface area contributed by atoms with Gasteiger partial charge in [-0.05, 0) is 35.1 Å². The molecule has 0 atom stereocenters. The van der Waals surface area contributed by atoms with Crippen molar-refractivity contribution in [3.63, 3.8) is 0 Å². The Morgan fingerprint density at radius 3 is 2.38 bits per heavy atom. The molecule has 130 valence electrons. The fourth-order valence-electron chi connectivity index (χ4n) is 2.98. The van der Waals surface area contributed by atoms with Crippen LogP contribution in [0.25, 0.3) is 33.3 Å². The fourth-order valence-corrected chi connectivity index (χ4v) is 3.87. The molecular formula is C21H17ClN2OS. The summed E-state index contributed by atoms with van der Waals surface area (Å²) in [5.41, 5.74) is 5.59. The number of para-hydroxylation sites is 1. The second-order valence-corrected chi connectivity index (χ2v) is 7.58. The van der Waals surface area contributed by atoms with Crippen molar-refractivity contribution in [2.45, 2.75) is 12.1 Å². The lowest BCUT2D eigenvalue weighted by Gasteiger charge is -2.08. The minimum Gasteiger partial charge on any atom is -0.507 e. The third kappa shape index (κ3) is 3.18. The standard InChI is InChI=1S/C21H17ClN2OS/c1-2-26-21-23-18-11-16(17(22)12-19(18)24-21)14-9-7-13(8-10-14)15-5-3-4-6-20(15)25/h3-12,25H,2H2,1H3,(H,23,24). The molecule has 0 bridgehead atoms. The maximum absolute atomic E-state index is 10.0. The van der Waals surface area contributed by atoms with Crippen LogP contribution >= 0.6 is 23.4 Å². The quantitative estimate of drug-likeness (QED) is 0.404. The molecule has 0 aliphatic rings. The normalized spacial score (nSPS) is 11.2. The van der Waals surface area contributed by atoms with E-state index < -0.39 is 0 Å². The van der Waals surface area contributed by atoms with E-state index in [0.29, 0.717) is 5.02 Å². The van der Waals surface area contributed by atoms with Crippen molar-refractivity contribution in [2.24, 2.45) is 0 Å². The van der Waals surface area contributed by atoms with E-state index in [1.165, 1.54) is 0 Å². The number of rotatable bonds is 4. The Kier molecular flexibility index (Phi) is 4.62. The Morgan fingerprint density at radius 1 is 1.00 bits per heavy atom. The van der Waals surface area contributed by atoms with Gasteiger partial charge in [0.05, 0.1) is 16.1 Å². The Labute approximate surface area is 161 Å². The highest BCUT2D eigenvalue weighted by Gasteiger charge is 2.10. The largest absolute Gasteiger partial charge is 0.507 e. The molecule has 0 amide bonds. The molecule has 0 unspecified atom stereocenters. The van der Waals surface area contributed by atoms with Gasteiger partial charge in [0, 0.05) is 11.1 Å². The zero-order chi connectivity index (χ0) is 18.1. The molecule has 26 heavy (non-hydrogen) atoms. The predicted molar refractivity (Wildman–Crippen MR) is 110 cm³/mol. The first kappa shape index (κ1) is 17.0. The highest BCUT2D eigenvalue weighted by Crippen LogP contribution is 2.35. The van der Waals surface area contributed by atoms with Crippen LogP contribution in [0.2, 0.25) is 5.02 Å². The molecule has 4 aromatic rings. The minimum absolute atomic E-state index is 0.275. The number of phenols is 1. The first-order valence-electron chi connectivity index (χ1n) is 8.36. The number of phenolic OH excluding ortho intramolecular Hbond substituents is 1.